The van der Waals surface area contributed by atoms with E-state index in [-0.39, 0.29) is 5.82 Å². The number of anilines is 1. The second-order valence-electron chi connectivity index (χ2n) is 5.19. The van der Waals surface area contributed by atoms with Gasteiger partial charge in [0.2, 0.25) is 0 Å². The molecule has 2 heterocycles. The van der Waals surface area contributed by atoms with E-state index in [1.807, 2.05) is 7.05 Å². The largest absolute Gasteiger partial charge is 0.359 e. The lowest BCUT2D eigenvalue weighted by Gasteiger charge is -2.18. The van der Waals surface area contributed by atoms with Crippen molar-refractivity contribution in [3.05, 3.63) is 36.4 Å². The van der Waals surface area contributed by atoms with Crippen molar-refractivity contribution >= 4 is 16.9 Å². The molecule has 0 N–H and O–H groups in total. The molecule has 0 saturated carbocycles. The molecule has 0 spiro atoms. The number of hydrogen-bond acceptors (Lipinski definition) is 5. The van der Waals surface area contributed by atoms with E-state index in [1.54, 1.807) is 12.1 Å². The normalized spacial score (nSPS) is 11.0. The van der Waals surface area contributed by atoms with Crippen molar-refractivity contribution in [3.63, 3.8) is 0 Å². The molecule has 1 aromatic carbocycles. The molecule has 6 heteroatoms. The third kappa shape index (κ3) is 2.64. The van der Waals surface area contributed by atoms with Crippen LogP contribution in [0.3, 0.4) is 0 Å². The Morgan fingerprint density at radius 2 is 1.95 bits per heavy atom. The monoisotopic (exact) mass is 300 g/mol. The van der Waals surface area contributed by atoms with Crippen LogP contribution in [0.4, 0.5) is 10.2 Å². The summed E-state index contributed by atoms with van der Waals surface area (Å²) in [5.41, 5.74) is 1.85. The molecule has 0 aliphatic carbocycles. The highest BCUT2D eigenvalue weighted by atomic mass is 19.1. The van der Waals surface area contributed by atoms with E-state index < -0.39 is 0 Å². The summed E-state index contributed by atoms with van der Waals surface area (Å²) >= 11 is 0. The lowest BCUT2D eigenvalue weighted by atomic mass is 10.1. The SMILES string of the molecule is CCCCN(C)c1ncnc2onc(-c3ccc(F)cc3)c12. The number of rotatable bonds is 5. The van der Waals surface area contributed by atoms with Gasteiger partial charge in [-0.05, 0) is 30.7 Å². The van der Waals surface area contributed by atoms with Gasteiger partial charge in [0.05, 0.1) is 0 Å². The molecule has 0 unspecified atom stereocenters. The average Bonchev–Trinajstić information content (AvgIpc) is 2.97. The molecule has 0 radical (unpaired) electrons. The van der Waals surface area contributed by atoms with Gasteiger partial charge >= 0.3 is 0 Å². The number of unbranched alkanes of at least 4 members (excludes halogenated alkanes) is 1. The Bertz CT molecular complexity index is 769. The quantitative estimate of drug-likeness (QED) is 0.719. The van der Waals surface area contributed by atoms with E-state index in [4.69, 9.17) is 4.52 Å². The van der Waals surface area contributed by atoms with Crippen molar-refractivity contribution in [2.75, 3.05) is 18.5 Å². The molecule has 0 aliphatic heterocycles. The molecule has 0 bridgehead atoms. The van der Waals surface area contributed by atoms with Crippen LogP contribution in [0, 0.1) is 5.82 Å². The predicted octanol–water partition coefficient (Wildman–Crippen LogP) is 3.66. The smallest absolute Gasteiger partial charge is 0.263 e. The molecule has 0 atom stereocenters. The van der Waals surface area contributed by atoms with E-state index in [0.717, 1.165) is 36.2 Å². The summed E-state index contributed by atoms with van der Waals surface area (Å²) in [6.45, 7) is 3.03. The zero-order valence-electron chi connectivity index (χ0n) is 12.6. The fourth-order valence-corrected chi connectivity index (χ4v) is 2.37. The van der Waals surface area contributed by atoms with Gasteiger partial charge < -0.3 is 9.42 Å². The van der Waals surface area contributed by atoms with Crippen LogP contribution in [0.25, 0.3) is 22.4 Å². The maximum atomic E-state index is 13.1. The lowest BCUT2D eigenvalue weighted by molar-refractivity contribution is 0.451. The minimum atomic E-state index is -0.284. The minimum Gasteiger partial charge on any atom is -0.359 e. The van der Waals surface area contributed by atoms with E-state index in [1.165, 1.54) is 18.5 Å². The van der Waals surface area contributed by atoms with Crippen LogP contribution in [0.1, 0.15) is 19.8 Å². The first kappa shape index (κ1) is 14.4. The highest BCUT2D eigenvalue weighted by Crippen LogP contribution is 2.32. The number of aromatic nitrogens is 3. The van der Waals surface area contributed by atoms with Gasteiger partial charge in [0.25, 0.3) is 5.71 Å². The number of halogens is 1. The highest BCUT2D eigenvalue weighted by Gasteiger charge is 2.18. The van der Waals surface area contributed by atoms with Crippen LogP contribution in [0.15, 0.2) is 35.1 Å². The molecule has 3 rings (SSSR count). The first-order valence-electron chi connectivity index (χ1n) is 7.28. The molecule has 0 aliphatic rings. The molecular weight excluding hydrogens is 283 g/mol. The third-order valence-electron chi connectivity index (χ3n) is 3.58. The fraction of sp³-hybridized carbons (Fsp3) is 0.312. The molecule has 0 amide bonds. The zero-order valence-corrected chi connectivity index (χ0v) is 12.6. The zero-order chi connectivity index (χ0) is 15.5. The predicted molar refractivity (Wildman–Crippen MR) is 83.2 cm³/mol. The standard InChI is InChI=1S/C16H17FN4O/c1-3-4-9-21(2)15-13-14(11-5-7-12(17)8-6-11)20-22-16(13)19-10-18-15/h5-8,10H,3-4,9H2,1-2H3. The van der Waals surface area contributed by atoms with E-state index in [0.29, 0.717) is 11.4 Å². The van der Waals surface area contributed by atoms with Crippen molar-refractivity contribution in [1.82, 2.24) is 15.1 Å². The Balaban J connectivity index is 2.10. The lowest BCUT2D eigenvalue weighted by Crippen LogP contribution is -2.19. The van der Waals surface area contributed by atoms with Gasteiger partial charge in [0.15, 0.2) is 0 Å². The van der Waals surface area contributed by atoms with Gasteiger partial charge in [-0.25, -0.2) is 9.37 Å². The summed E-state index contributed by atoms with van der Waals surface area (Å²) in [5.74, 6) is 0.493. The summed E-state index contributed by atoms with van der Waals surface area (Å²) in [5, 5.41) is 4.85. The van der Waals surface area contributed by atoms with Gasteiger partial charge in [0.1, 0.15) is 29.0 Å². The van der Waals surface area contributed by atoms with Crippen LogP contribution in [-0.2, 0) is 0 Å². The van der Waals surface area contributed by atoms with E-state index >= 15 is 0 Å². The van der Waals surface area contributed by atoms with Crippen LogP contribution < -0.4 is 4.90 Å². The summed E-state index contributed by atoms with van der Waals surface area (Å²) in [6, 6.07) is 6.16. The maximum Gasteiger partial charge on any atom is 0.263 e. The minimum absolute atomic E-state index is 0.284. The molecule has 2 aromatic heterocycles. The van der Waals surface area contributed by atoms with E-state index in [2.05, 4.69) is 26.9 Å². The highest BCUT2D eigenvalue weighted by molar-refractivity contribution is 5.97. The van der Waals surface area contributed by atoms with Crippen LogP contribution in [0.5, 0.6) is 0 Å². The molecule has 0 fully saturated rings. The summed E-state index contributed by atoms with van der Waals surface area (Å²) in [4.78, 5) is 10.6. The van der Waals surface area contributed by atoms with Crippen LogP contribution >= 0.6 is 0 Å². The van der Waals surface area contributed by atoms with Gasteiger partial charge in [-0.15, -0.1) is 0 Å². The Morgan fingerprint density at radius 1 is 1.18 bits per heavy atom. The summed E-state index contributed by atoms with van der Waals surface area (Å²) in [6.07, 6.45) is 3.64. The topological polar surface area (TPSA) is 55.1 Å². The Labute approximate surface area is 127 Å². The first-order valence-corrected chi connectivity index (χ1v) is 7.28. The van der Waals surface area contributed by atoms with Gasteiger partial charge in [-0.3, -0.25) is 0 Å². The Hall–Kier alpha value is -2.50. The number of nitrogens with zero attached hydrogens (tertiary/aromatic N) is 4. The Kier molecular flexibility index (Phi) is 4.00. The second kappa shape index (κ2) is 6.09. The van der Waals surface area contributed by atoms with Gasteiger partial charge in [0, 0.05) is 19.2 Å². The summed E-state index contributed by atoms with van der Waals surface area (Å²) < 4.78 is 18.4. The molecule has 3 aromatic rings. The molecule has 0 saturated heterocycles. The van der Waals surface area contributed by atoms with Crippen molar-refractivity contribution in [3.8, 4) is 11.3 Å². The third-order valence-corrected chi connectivity index (χ3v) is 3.58. The molecule has 5 nitrogen and oxygen atoms in total. The number of fused-ring (bicyclic) bond motifs is 1. The Morgan fingerprint density at radius 3 is 2.68 bits per heavy atom. The van der Waals surface area contributed by atoms with Crippen molar-refractivity contribution < 1.29 is 8.91 Å². The van der Waals surface area contributed by atoms with Crippen molar-refractivity contribution in [2.24, 2.45) is 0 Å². The molecular formula is C16H17FN4O. The van der Waals surface area contributed by atoms with Gasteiger partial charge in [-0.1, -0.05) is 18.5 Å². The number of hydrogen-bond donors (Lipinski definition) is 0. The van der Waals surface area contributed by atoms with Crippen molar-refractivity contribution in [2.45, 2.75) is 19.8 Å². The first-order chi connectivity index (χ1) is 10.7. The fourth-order valence-electron chi connectivity index (χ4n) is 2.37. The van der Waals surface area contributed by atoms with Crippen LogP contribution in [0.2, 0.25) is 0 Å². The molecule has 22 heavy (non-hydrogen) atoms. The van der Waals surface area contributed by atoms with Crippen LogP contribution in [-0.4, -0.2) is 28.7 Å². The molecule has 114 valence electrons. The maximum absolute atomic E-state index is 13.1. The number of benzene rings is 1. The second-order valence-corrected chi connectivity index (χ2v) is 5.19. The van der Waals surface area contributed by atoms with E-state index in [9.17, 15) is 4.39 Å². The summed E-state index contributed by atoms with van der Waals surface area (Å²) in [7, 11) is 1.98. The average molecular weight is 300 g/mol. The van der Waals surface area contributed by atoms with Gasteiger partial charge in [-0.2, -0.15) is 4.98 Å². The van der Waals surface area contributed by atoms with Crippen molar-refractivity contribution in [1.29, 1.82) is 0 Å².